The van der Waals surface area contributed by atoms with Crippen molar-refractivity contribution in [2.24, 2.45) is 5.10 Å². The lowest BCUT2D eigenvalue weighted by atomic mass is 10.5. The standard InChI is InChI=1S/C9H9N5O2S2/c10-8-13-14-9(18-8)17-5-7(15)12-11-4-6-2-1-3-16-6/h1-4H,5H2,(H2,10,13)(H,12,15). The fraction of sp³-hybridized carbons (Fsp3) is 0.111. The number of hydrogen-bond donors (Lipinski definition) is 2. The van der Waals surface area contributed by atoms with Crippen LogP contribution in [0.5, 0.6) is 0 Å². The van der Waals surface area contributed by atoms with Crippen molar-refractivity contribution in [3.8, 4) is 0 Å². The summed E-state index contributed by atoms with van der Waals surface area (Å²) in [6.45, 7) is 0. The Hall–Kier alpha value is -1.87. The van der Waals surface area contributed by atoms with Crippen LogP contribution >= 0.6 is 23.1 Å². The summed E-state index contributed by atoms with van der Waals surface area (Å²) < 4.78 is 5.66. The number of aromatic nitrogens is 2. The van der Waals surface area contributed by atoms with E-state index >= 15 is 0 Å². The molecule has 1 amide bonds. The highest BCUT2D eigenvalue weighted by molar-refractivity contribution is 8.01. The molecule has 0 saturated carbocycles. The van der Waals surface area contributed by atoms with Gasteiger partial charge in [0.25, 0.3) is 5.91 Å². The third-order valence-corrected chi connectivity index (χ3v) is 3.56. The smallest absolute Gasteiger partial charge is 0.250 e. The Labute approximate surface area is 110 Å². The first-order valence-corrected chi connectivity index (χ1v) is 6.61. The minimum Gasteiger partial charge on any atom is -0.463 e. The summed E-state index contributed by atoms with van der Waals surface area (Å²) in [5.74, 6) is 0.529. The zero-order valence-corrected chi connectivity index (χ0v) is 10.7. The number of rotatable bonds is 5. The third-order valence-electron chi connectivity index (χ3n) is 1.67. The van der Waals surface area contributed by atoms with Crippen molar-refractivity contribution < 1.29 is 9.21 Å². The highest BCUT2D eigenvalue weighted by Gasteiger charge is 2.05. The molecule has 2 aromatic rings. The maximum atomic E-state index is 11.4. The predicted octanol–water partition coefficient (Wildman–Crippen LogP) is 0.956. The molecule has 0 fully saturated rings. The normalized spacial score (nSPS) is 10.9. The van der Waals surface area contributed by atoms with Crippen LogP contribution < -0.4 is 11.2 Å². The zero-order valence-electron chi connectivity index (χ0n) is 9.07. The van der Waals surface area contributed by atoms with Gasteiger partial charge < -0.3 is 10.2 Å². The number of anilines is 1. The third kappa shape index (κ3) is 3.86. The van der Waals surface area contributed by atoms with Gasteiger partial charge in [-0.1, -0.05) is 23.1 Å². The minimum atomic E-state index is -0.239. The second kappa shape index (κ2) is 6.17. The predicted molar refractivity (Wildman–Crippen MR) is 69.5 cm³/mol. The Bertz CT molecular complexity index is 537. The van der Waals surface area contributed by atoms with E-state index < -0.39 is 0 Å². The maximum Gasteiger partial charge on any atom is 0.250 e. The number of nitrogens with two attached hydrogens (primary N) is 1. The molecule has 7 nitrogen and oxygen atoms in total. The summed E-state index contributed by atoms with van der Waals surface area (Å²) in [5.41, 5.74) is 7.79. The van der Waals surface area contributed by atoms with Gasteiger partial charge >= 0.3 is 0 Å². The number of nitrogens with zero attached hydrogens (tertiary/aromatic N) is 3. The van der Waals surface area contributed by atoms with Gasteiger partial charge in [0.1, 0.15) is 5.76 Å². The number of carbonyl (C=O) groups excluding carboxylic acids is 1. The lowest BCUT2D eigenvalue weighted by molar-refractivity contribution is -0.118. The van der Waals surface area contributed by atoms with Crippen molar-refractivity contribution in [2.75, 3.05) is 11.5 Å². The summed E-state index contributed by atoms with van der Waals surface area (Å²) in [5, 5.41) is 11.5. The molecular weight excluding hydrogens is 274 g/mol. The van der Waals surface area contributed by atoms with E-state index in [1.807, 2.05) is 0 Å². The summed E-state index contributed by atoms with van der Waals surface area (Å²) >= 11 is 2.49. The van der Waals surface area contributed by atoms with Gasteiger partial charge in [0.2, 0.25) is 5.13 Å². The van der Waals surface area contributed by atoms with E-state index in [-0.39, 0.29) is 11.7 Å². The van der Waals surface area contributed by atoms with Gasteiger partial charge in [0.15, 0.2) is 4.34 Å². The Kier molecular flexibility index (Phi) is 4.31. The van der Waals surface area contributed by atoms with Gasteiger partial charge in [0.05, 0.1) is 18.2 Å². The van der Waals surface area contributed by atoms with Crippen molar-refractivity contribution in [1.82, 2.24) is 15.6 Å². The van der Waals surface area contributed by atoms with Crippen LogP contribution in [0.25, 0.3) is 0 Å². The number of carbonyl (C=O) groups is 1. The Morgan fingerprint density at radius 2 is 2.56 bits per heavy atom. The van der Waals surface area contributed by atoms with Crippen LogP contribution in [-0.4, -0.2) is 28.1 Å². The molecule has 9 heteroatoms. The number of nitrogens with one attached hydrogen (secondary N) is 1. The minimum absolute atomic E-state index is 0.199. The van der Waals surface area contributed by atoms with E-state index in [1.165, 1.54) is 35.6 Å². The fourth-order valence-corrected chi connectivity index (χ4v) is 2.40. The summed E-state index contributed by atoms with van der Waals surface area (Å²) in [7, 11) is 0. The highest BCUT2D eigenvalue weighted by Crippen LogP contribution is 2.22. The van der Waals surface area contributed by atoms with Crippen LogP contribution in [0.4, 0.5) is 5.13 Å². The number of hydrogen-bond acceptors (Lipinski definition) is 8. The Morgan fingerprint density at radius 3 is 3.22 bits per heavy atom. The molecule has 0 bridgehead atoms. The van der Waals surface area contributed by atoms with Crippen molar-refractivity contribution >= 4 is 40.4 Å². The molecule has 0 aliphatic heterocycles. The van der Waals surface area contributed by atoms with Crippen LogP contribution in [0, 0.1) is 0 Å². The van der Waals surface area contributed by atoms with Gasteiger partial charge in [-0.25, -0.2) is 5.43 Å². The quantitative estimate of drug-likeness (QED) is 0.481. The summed E-state index contributed by atoms with van der Waals surface area (Å²) in [6.07, 6.45) is 2.95. The molecule has 0 saturated heterocycles. The van der Waals surface area contributed by atoms with E-state index in [1.54, 1.807) is 12.1 Å². The molecule has 3 N–H and O–H groups in total. The largest absolute Gasteiger partial charge is 0.463 e. The highest BCUT2D eigenvalue weighted by atomic mass is 32.2. The van der Waals surface area contributed by atoms with E-state index in [2.05, 4.69) is 20.7 Å². The molecular formula is C9H9N5O2S2. The van der Waals surface area contributed by atoms with E-state index in [0.29, 0.717) is 15.2 Å². The average Bonchev–Trinajstić information content (AvgIpc) is 2.98. The lowest BCUT2D eigenvalue weighted by Crippen LogP contribution is -2.19. The summed E-state index contributed by atoms with van der Waals surface area (Å²) in [6, 6.07) is 3.47. The molecule has 0 aliphatic rings. The van der Waals surface area contributed by atoms with Crippen LogP contribution in [0.2, 0.25) is 0 Å². The van der Waals surface area contributed by atoms with E-state index in [9.17, 15) is 4.79 Å². The molecule has 0 radical (unpaired) electrons. The van der Waals surface area contributed by atoms with Gasteiger partial charge in [0, 0.05) is 0 Å². The van der Waals surface area contributed by atoms with E-state index in [4.69, 9.17) is 10.2 Å². The van der Waals surface area contributed by atoms with Crippen molar-refractivity contribution in [1.29, 1.82) is 0 Å². The van der Waals surface area contributed by atoms with E-state index in [0.717, 1.165) is 0 Å². The molecule has 2 heterocycles. The van der Waals surface area contributed by atoms with Crippen LogP contribution in [-0.2, 0) is 4.79 Å². The van der Waals surface area contributed by atoms with Crippen LogP contribution in [0.15, 0.2) is 32.3 Å². The molecule has 2 rings (SSSR count). The number of amides is 1. The topological polar surface area (TPSA) is 106 Å². The molecule has 94 valence electrons. The average molecular weight is 283 g/mol. The monoisotopic (exact) mass is 283 g/mol. The van der Waals surface area contributed by atoms with Crippen molar-refractivity contribution in [3.63, 3.8) is 0 Å². The lowest BCUT2D eigenvalue weighted by Gasteiger charge is -1.96. The first kappa shape index (κ1) is 12.6. The van der Waals surface area contributed by atoms with Crippen molar-refractivity contribution in [2.45, 2.75) is 4.34 Å². The molecule has 18 heavy (non-hydrogen) atoms. The van der Waals surface area contributed by atoms with Gasteiger partial charge in [-0.2, -0.15) is 5.10 Å². The van der Waals surface area contributed by atoms with Crippen LogP contribution in [0.1, 0.15) is 5.76 Å². The first-order valence-electron chi connectivity index (χ1n) is 4.81. The fourth-order valence-electron chi connectivity index (χ4n) is 0.971. The van der Waals surface area contributed by atoms with Gasteiger partial charge in [-0.15, -0.1) is 10.2 Å². The second-order valence-electron chi connectivity index (χ2n) is 3.00. The molecule has 0 atom stereocenters. The Balaban J connectivity index is 1.72. The van der Waals surface area contributed by atoms with Crippen LogP contribution in [0.3, 0.4) is 0 Å². The molecule has 0 aliphatic carbocycles. The molecule has 0 unspecified atom stereocenters. The maximum absolute atomic E-state index is 11.4. The zero-order chi connectivity index (χ0) is 12.8. The van der Waals surface area contributed by atoms with Gasteiger partial charge in [-0.05, 0) is 12.1 Å². The Morgan fingerprint density at radius 1 is 1.67 bits per heavy atom. The molecule has 0 spiro atoms. The number of hydrazone groups is 1. The number of thioether (sulfide) groups is 1. The SMILES string of the molecule is Nc1nnc(SCC(=O)NN=Cc2ccco2)s1. The molecule has 0 aromatic carbocycles. The first-order chi connectivity index (χ1) is 8.74. The molecule has 2 aromatic heterocycles. The van der Waals surface area contributed by atoms with Crippen molar-refractivity contribution in [3.05, 3.63) is 24.2 Å². The van der Waals surface area contributed by atoms with Gasteiger partial charge in [-0.3, -0.25) is 4.79 Å². The second-order valence-corrected chi connectivity index (χ2v) is 5.24. The summed E-state index contributed by atoms with van der Waals surface area (Å²) in [4.78, 5) is 11.4. The number of nitrogen functional groups attached to an aromatic ring is 1. The number of furan rings is 1.